The molecule has 0 aliphatic heterocycles. The first-order chi connectivity index (χ1) is 7.15. The number of hydrogen-bond acceptors (Lipinski definition) is 2. The highest BCUT2D eigenvalue weighted by molar-refractivity contribution is 7.80. The van der Waals surface area contributed by atoms with E-state index in [0.29, 0.717) is 11.7 Å². The van der Waals surface area contributed by atoms with Crippen molar-refractivity contribution in [3.63, 3.8) is 0 Å². The third kappa shape index (κ3) is 3.71. The van der Waals surface area contributed by atoms with E-state index in [-0.39, 0.29) is 11.7 Å². The summed E-state index contributed by atoms with van der Waals surface area (Å²) in [7, 11) is 0. The summed E-state index contributed by atoms with van der Waals surface area (Å²) in [6.07, 6.45) is 0.914. The first-order valence-electron chi connectivity index (χ1n) is 5.35. The molecule has 2 heteroatoms. The Morgan fingerprint density at radius 3 is 2.33 bits per heavy atom. The molecule has 1 aromatic carbocycles. The fourth-order valence-electron chi connectivity index (χ4n) is 1.67. The summed E-state index contributed by atoms with van der Waals surface area (Å²) in [4.78, 5) is 12.1. The smallest absolute Gasteiger partial charge is 0.166 e. The van der Waals surface area contributed by atoms with Gasteiger partial charge >= 0.3 is 0 Å². The van der Waals surface area contributed by atoms with E-state index in [2.05, 4.69) is 26.5 Å². The second kappa shape index (κ2) is 5.96. The zero-order valence-corrected chi connectivity index (χ0v) is 10.2. The summed E-state index contributed by atoms with van der Waals surface area (Å²) in [5, 5.41) is 0. The monoisotopic (exact) mass is 222 g/mol. The van der Waals surface area contributed by atoms with Crippen molar-refractivity contribution in [3.05, 3.63) is 35.9 Å². The van der Waals surface area contributed by atoms with Gasteiger partial charge in [-0.3, -0.25) is 4.79 Å². The Labute approximate surface area is 97.3 Å². The van der Waals surface area contributed by atoms with Crippen LogP contribution in [0.25, 0.3) is 0 Å². The summed E-state index contributed by atoms with van der Waals surface area (Å²) in [6.45, 7) is 4.27. The van der Waals surface area contributed by atoms with Crippen LogP contribution in [0.3, 0.4) is 0 Å². The van der Waals surface area contributed by atoms with E-state index in [1.54, 1.807) is 0 Å². The molecular formula is C13H18OS. The topological polar surface area (TPSA) is 17.1 Å². The number of ketones is 1. The molecule has 0 aliphatic rings. The molecule has 0 aromatic heterocycles. The van der Waals surface area contributed by atoms with E-state index in [4.69, 9.17) is 0 Å². The molecule has 0 radical (unpaired) electrons. The van der Waals surface area contributed by atoms with Gasteiger partial charge in [0.15, 0.2) is 5.78 Å². The summed E-state index contributed by atoms with van der Waals surface area (Å²) in [5.41, 5.74) is 0.803. The van der Waals surface area contributed by atoms with Gasteiger partial charge < -0.3 is 0 Å². The van der Waals surface area contributed by atoms with Crippen LogP contribution in [-0.2, 0) is 0 Å². The van der Waals surface area contributed by atoms with E-state index in [9.17, 15) is 4.79 Å². The highest BCUT2D eigenvalue weighted by atomic mass is 32.1. The van der Waals surface area contributed by atoms with Crippen LogP contribution in [-0.4, -0.2) is 11.5 Å². The standard InChI is InChI=1S/C13H18OS/c1-10(2)8-12(9-15)13(14)11-6-4-3-5-7-11/h3-7,10,12,15H,8-9H2,1-2H3. The van der Waals surface area contributed by atoms with Crippen molar-refractivity contribution in [2.75, 3.05) is 5.75 Å². The van der Waals surface area contributed by atoms with Crippen LogP contribution in [0, 0.1) is 11.8 Å². The van der Waals surface area contributed by atoms with Crippen LogP contribution in [0.1, 0.15) is 30.6 Å². The van der Waals surface area contributed by atoms with Crippen molar-refractivity contribution in [3.8, 4) is 0 Å². The fourth-order valence-corrected chi connectivity index (χ4v) is 1.99. The van der Waals surface area contributed by atoms with Gasteiger partial charge in [-0.15, -0.1) is 0 Å². The third-order valence-electron chi connectivity index (χ3n) is 2.41. The van der Waals surface area contributed by atoms with Gasteiger partial charge in [0, 0.05) is 17.2 Å². The molecule has 1 aromatic rings. The Balaban J connectivity index is 2.74. The maximum absolute atomic E-state index is 12.1. The zero-order valence-electron chi connectivity index (χ0n) is 9.31. The maximum atomic E-state index is 12.1. The molecule has 1 atom stereocenters. The van der Waals surface area contributed by atoms with Crippen LogP contribution in [0.2, 0.25) is 0 Å². The second-order valence-corrected chi connectivity index (χ2v) is 4.60. The first kappa shape index (κ1) is 12.3. The number of rotatable bonds is 5. The zero-order chi connectivity index (χ0) is 11.3. The van der Waals surface area contributed by atoms with Crippen molar-refractivity contribution in [1.29, 1.82) is 0 Å². The molecule has 0 bridgehead atoms. The molecule has 1 nitrogen and oxygen atoms in total. The van der Waals surface area contributed by atoms with Crippen molar-refractivity contribution in [2.24, 2.45) is 11.8 Å². The predicted molar refractivity (Wildman–Crippen MR) is 67.6 cm³/mol. The average Bonchev–Trinajstić information content (AvgIpc) is 2.26. The number of hydrogen-bond donors (Lipinski definition) is 1. The minimum Gasteiger partial charge on any atom is -0.294 e. The lowest BCUT2D eigenvalue weighted by Crippen LogP contribution is -2.18. The first-order valence-corrected chi connectivity index (χ1v) is 5.98. The van der Waals surface area contributed by atoms with Gasteiger partial charge in [0.2, 0.25) is 0 Å². The largest absolute Gasteiger partial charge is 0.294 e. The van der Waals surface area contributed by atoms with Crippen LogP contribution in [0.5, 0.6) is 0 Å². The van der Waals surface area contributed by atoms with Crippen molar-refractivity contribution < 1.29 is 4.79 Å². The minimum absolute atomic E-state index is 0.0516. The number of carbonyl (C=O) groups excluding carboxylic acids is 1. The summed E-state index contributed by atoms with van der Waals surface area (Å²) in [5.74, 6) is 1.44. The van der Waals surface area contributed by atoms with E-state index in [1.807, 2.05) is 30.3 Å². The van der Waals surface area contributed by atoms with Crippen molar-refractivity contribution in [1.82, 2.24) is 0 Å². The van der Waals surface area contributed by atoms with Gasteiger partial charge in [-0.25, -0.2) is 0 Å². The minimum atomic E-state index is 0.0516. The Hall–Kier alpha value is -0.760. The van der Waals surface area contributed by atoms with E-state index < -0.39 is 0 Å². The molecule has 0 aliphatic carbocycles. The molecule has 1 unspecified atom stereocenters. The molecule has 0 amide bonds. The predicted octanol–water partition coefficient (Wildman–Crippen LogP) is 3.46. The Morgan fingerprint density at radius 1 is 1.27 bits per heavy atom. The SMILES string of the molecule is CC(C)CC(CS)C(=O)c1ccccc1. The molecule has 1 rings (SSSR count). The van der Waals surface area contributed by atoms with Crippen LogP contribution >= 0.6 is 12.6 Å². The molecule has 15 heavy (non-hydrogen) atoms. The highest BCUT2D eigenvalue weighted by Gasteiger charge is 2.19. The van der Waals surface area contributed by atoms with Gasteiger partial charge in [0.1, 0.15) is 0 Å². The summed E-state index contributed by atoms with van der Waals surface area (Å²) in [6, 6.07) is 9.48. The fraction of sp³-hybridized carbons (Fsp3) is 0.462. The van der Waals surface area contributed by atoms with Crippen LogP contribution in [0.15, 0.2) is 30.3 Å². The molecule has 0 fully saturated rings. The molecule has 0 saturated heterocycles. The summed E-state index contributed by atoms with van der Waals surface area (Å²) < 4.78 is 0. The van der Waals surface area contributed by atoms with Gasteiger partial charge in [-0.05, 0) is 12.3 Å². The number of benzene rings is 1. The number of carbonyl (C=O) groups is 1. The molecular weight excluding hydrogens is 204 g/mol. The number of thiol groups is 1. The van der Waals surface area contributed by atoms with Gasteiger partial charge in [0.05, 0.1) is 0 Å². The Kier molecular flexibility index (Phi) is 4.89. The van der Waals surface area contributed by atoms with Crippen molar-refractivity contribution >= 4 is 18.4 Å². The van der Waals surface area contributed by atoms with E-state index >= 15 is 0 Å². The maximum Gasteiger partial charge on any atom is 0.166 e. The Bertz CT molecular complexity index is 306. The molecule has 0 N–H and O–H groups in total. The Morgan fingerprint density at radius 2 is 1.87 bits per heavy atom. The average molecular weight is 222 g/mol. The highest BCUT2D eigenvalue weighted by Crippen LogP contribution is 2.18. The van der Waals surface area contributed by atoms with Gasteiger partial charge in [0.25, 0.3) is 0 Å². The molecule has 0 saturated carbocycles. The van der Waals surface area contributed by atoms with Gasteiger partial charge in [-0.2, -0.15) is 12.6 Å². The van der Waals surface area contributed by atoms with Crippen LogP contribution < -0.4 is 0 Å². The number of Topliss-reactive ketones (excluding diaryl/α,β-unsaturated/α-hetero) is 1. The van der Waals surface area contributed by atoms with E-state index in [0.717, 1.165) is 12.0 Å². The lowest BCUT2D eigenvalue weighted by molar-refractivity contribution is 0.0919. The lowest BCUT2D eigenvalue weighted by Gasteiger charge is -2.15. The second-order valence-electron chi connectivity index (χ2n) is 4.24. The quantitative estimate of drug-likeness (QED) is 0.596. The molecule has 0 heterocycles. The van der Waals surface area contributed by atoms with E-state index in [1.165, 1.54) is 0 Å². The van der Waals surface area contributed by atoms with Gasteiger partial charge in [-0.1, -0.05) is 44.2 Å². The molecule has 82 valence electrons. The van der Waals surface area contributed by atoms with Crippen molar-refractivity contribution in [2.45, 2.75) is 20.3 Å². The normalized spacial score (nSPS) is 12.8. The molecule has 0 spiro atoms. The third-order valence-corrected chi connectivity index (χ3v) is 2.85. The summed E-state index contributed by atoms with van der Waals surface area (Å²) >= 11 is 4.26. The van der Waals surface area contributed by atoms with Crippen LogP contribution in [0.4, 0.5) is 0 Å². The lowest BCUT2D eigenvalue weighted by atomic mass is 9.91.